The topological polar surface area (TPSA) is 87.6 Å². The molecule has 0 saturated carbocycles. The molecule has 0 amide bonds. The van der Waals surface area contributed by atoms with Gasteiger partial charge >= 0.3 is 5.97 Å². The average molecular weight is 439 g/mol. The van der Waals surface area contributed by atoms with Crippen molar-refractivity contribution in [3.05, 3.63) is 59.2 Å². The molecule has 1 aliphatic heterocycles. The van der Waals surface area contributed by atoms with Crippen LogP contribution in [0.1, 0.15) is 47.2 Å². The number of pyridine rings is 1. The first kappa shape index (κ1) is 21.5. The van der Waals surface area contributed by atoms with Crippen LogP contribution in [0.3, 0.4) is 0 Å². The molecular formula is C24H26N2O4S. The van der Waals surface area contributed by atoms with Crippen molar-refractivity contribution < 1.29 is 18.3 Å². The van der Waals surface area contributed by atoms with Crippen molar-refractivity contribution in [3.8, 4) is 11.3 Å². The summed E-state index contributed by atoms with van der Waals surface area (Å²) in [5.74, 6) is -1.11. The lowest BCUT2D eigenvalue weighted by molar-refractivity contribution is 0.0699. The van der Waals surface area contributed by atoms with Crippen LogP contribution in [-0.2, 0) is 10.0 Å². The molecule has 4 rings (SSSR count). The van der Waals surface area contributed by atoms with Crippen LogP contribution in [0.5, 0.6) is 0 Å². The standard InChI is InChI=1S/C24H26N2O4S/c1-16-7-8-17(2)19(13-16)23-15-21(24(27)28)20-14-18(9-10-22(20)25-23)31(29,30)26-11-5-3-4-6-12-26/h7-10,13-15H,3-6,11-12H2,1-2H3,(H,27,28). The molecule has 1 aliphatic rings. The van der Waals surface area contributed by atoms with E-state index < -0.39 is 16.0 Å². The van der Waals surface area contributed by atoms with Crippen molar-refractivity contribution >= 4 is 26.9 Å². The minimum absolute atomic E-state index is 0.0498. The third-order valence-corrected chi connectivity index (χ3v) is 7.78. The zero-order valence-corrected chi connectivity index (χ0v) is 18.6. The molecular weight excluding hydrogens is 412 g/mol. The highest BCUT2D eigenvalue weighted by Crippen LogP contribution is 2.30. The van der Waals surface area contributed by atoms with Crippen LogP contribution in [-0.4, -0.2) is 41.9 Å². The fourth-order valence-corrected chi connectivity index (χ4v) is 5.67. The minimum atomic E-state index is -3.68. The summed E-state index contributed by atoms with van der Waals surface area (Å²) in [7, 11) is -3.68. The van der Waals surface area contributed by atoms with Gasteiger partial charge in [-0.25, -0.2) is 18.2 Å². The number of rotatable bonds is 4. The molecule has 0 radical (unpaired) electrons. The number of carboxylic acid groups (broad SMARTS) is 1. The number of aryl methyl sites for hydroxylation is 2. The average Bonchev–Trinajstić information content (AvgIpc) is 3.04. The van der Waals surface area contributed by atoms with Gasteiger partial charge in [0.2, 0.25) is 10.0 Å². The van der Waals surface area contributed by atoms with Crippen molar-refractivity contribution in [3.63, 3.8) is 0 Å². The number of hydrogen-bond donors (Lipinski definition) is 1. The molecule has 6 nitrogen and oxygen atoms in total. The van der Waals surface area contributed by atoms with E-state index in [4.69, 9.17) is 0 Å². The van der Waals surface area contributed by atoms with Gasteiger partial charge in [-0.15, -0.1) is 0 Å². The van der Waals surface area contributed by atoms with E-state index in [1.165, 1.54) is 22.5 Å². The van der Waals surface area contributed by atoms with Gasteiger partial charge < -0.3 is 5.11 Å². The molecule has 2 heterocycles. The largest absolute Gasteiger partial charge is 0.478 e. The highest BCUT2D eigenvalue weighted by molar-refractivity contribution is 7.89. The maximum atomic E-state index is 13.2. The monoisotopic (exact) mass is 438 g/mol. The summed E-state index contributed by atoms with van der Waals surface area (Å²) in [6.07, 6.45) is 3.73. The molecule has 162 valence electrons. The van der Waals surface area contributed by atoms with Gasteiger partial charge in [0, 0.05) is 24.0 Å². The number of hydrogen-bond acceptors (Lipinski definition) is 4. The lowest BCUT2D eigenvalue weighted by Gasteiger charge is -2.20. The number of carboxylic acids is 1. The van der Waals surface area contributed by atoms with E-state index in [0.717, 1.165) is 42.4 Å². The van der Waals surface area contributed by atoms with Crippen molar-refractivity contribution in [1.82, 2.24) is 9.29 Å². The Morgan fingerprint density at radius 1 is 0.968 bits per heavy atom. The second kappa shape index (κ2) is 8.40. The summed E-state index contributed by atoms with van der Waals surface area (Å²) >= 11 is 0. The molecule has 1 N–H and O–H groups in total. The number of sulfonamides is 1. The lowest BCUT2D eigenvalue weighted by Crippen LogP contribution is -2.31. The number of aromatic carboxylic acids is 1. The van der Waals surface area contributed by atoms with E-state index in [2.05, 4.69) is 4.98 Å². The molecule has 1 fully saturated rings. The van der Waals surface area contributed by atoms with Crippen LogP contribution >= 0.6 is 0 Å². The Morgan fingerprint density at radius 2 is 1.68 bits per heavy atom. The summed E-state index contributed by atoms with van der Waals surface area (Å²) in [6.45, 7) is 4.92. The molecule has 7 heteroatoms. The van der Waals surface area contributed by atoms with Crippen LogP contribution in [0.4, 0.5) is 0 Å². The van der Waals surface area contributed by atoms with E-state index in [0.29, 0.717) is 29.7 Å². The first-order valence-corrected chi connectivity index (χ1v) is 12.0. The second-order valence-corrected chi connectivity index (χ2v) is 10.1. The summed E-state index contributed by atoms with van der Waals surface area (Å²) in [5, 5.41) is 10.2. The summed E-state index contributed by atoms with van der Waals surface area (Å²) < 4.78 is 27.9. The van der Waals surface area contributed by atoms with Crippen LogP contribution in [0, 0.1) is 13.8 Å². The normalized spacial score (nSPS) is 15.7. The van der Waals surface area contributed by atoms with Gasteiger partial charge in [-0.1, -0.05) is 30.5 Å². The molecule has 0 atom stereocenters. The number of aromatic nitrogens is 1. The Balaban J connectivity index is 1.86. The predicted molar refractivity (Wildman–Crippen MR) is 121 cm³/mol. The molecule has 0 unspecified atom stereocenters. The molecule has 3 aromatic rings. The quantitative estimate of drug-likeness (QED) is 0.633. The van der Waals surface area contributed by atoms with Gasteiger partial charge in [0.25, 0.3) is 0 Å². The van der Waals surface area contributed by atoms with Gasteiger partial charge in [-0.05, 0) is 62.6 Å². The molecule has 1 saturated heterocycles. The van der Waals surface area contributed by atoms with Crippen molar-refractivity contribution in [2.45, 2.75) is 44.4 Å². The third kappa shape index (κ3) is 4.20. The zero-order chi connectivity index (χ0) is 22.2. The first-order valence-electron chi connectivity index (χ1n) is 10.5. The van der Waals surface area contributed by atoms with Gasteiger partial charge in [-0.3, -0.25) is 0 Å². The number of fused-ring (bicyclic) bond motifs is 1. The second-order valence-electron chi connectivity index (χ2n) is 8.18. The van der Waals surface area contributed by atoms with Gasteiger partial charge in [0.1, 0.15) is 0 Å². The van der Waals surface area contributed by atoms with Gasteiger partial charge in [0.15, 0.2) is 0 Å². The Morgan fingerprint density at radius 3 is 2.35 bits per heavy atom. The number of nitrogens with zero attached hydrogens (tertiary/aromatic N) is 2. The minimum Gasteiger partial charge on any atom is -0.478 e. The van der Waals surface area contributed by atoms with E-state index in [9.17, 15) is 18.3 Å². The Bertz CT molecular complexity index is 1260. The smallest absolute Gasteiger partial charge is 0.336 e. The Kier molecular flexibility index (Phi) is 5.81. The van der Waals surface area contributed by atoms with Crippen molar-refractivity contribution in [1.29, 1.82) is 0 Å². The van der Waals surface area contributed by atoms with Gasteiger partial charge in [-0.2, -0.15) is 4.31 Å². The molecule has 0 spiro atoms. The molecule has 0 aliphatic carbocycles. The molecule has 2 aromatic carbocycles. The maximum Gasteiger partial charge on any atom is 0.336 e. The summed E-state index contributed by atoms with van der Waals surface area (Å²) in [6, 6.07) is 12.1. The van der Waals surface area contributed by atoms with Crippen LogP contribution in [0.2, 0.25) is 0 Å². The maximum absolute atomic E-state index is 13.2. The fraction of sp³-hybridized carbons (Fsp3) is 0.333. The van der Waals surface area contributed by atoms with E-state index in [1.807, 2.05) is 32.0 Å². The third-order valence-electron chi connectivity index (χ3n) is 5.88. The van der Waals surface area contributed by atoms with E-state index in [1.54, 1.807) is 6.07 Å². The van der Waals surface area contributed by atoms with Crippen LogP contribution in [0.25, 0.3) is 22.2 Å². The molecule has 1 aromatic heterocycles. The predicted octanol–water partition coefficient (Wildman–Crippen LogP) is 4.78. The summed E-state index contributed by atoms with van der Waals surface area (Å²) in [4.78, 5) is 16.9. The van der Waals surface area contributed by atoms with E-state index in [-0.39, 0.29) is 10.5 Å². The zero-order valence-electron chi connectivity index (χ0n) is 17.8. The van der Waals surface area contributed by atoms with Crippen molar-refractivity contribution in [2.75, 3.05) is 13.1 Å². The fourth-order valence-electron chi connectivity index (χ4n) is 4.12. The van der Waals surface area contributed by atoms with Gasteiger partial charge in [0.05, 0.1) is 21.7 Å². The number of benzene rings is 2. The highest BCUT2D eigenvalue weighted by Gasteiger charge is 2.26. The molecule has 0 bridgehead atoms. The Hall–Kier alpha value is -2.77. The van der Waals surface area contributed by atoms with E-state index >= 15 is 0 Å². The SMILES string of the molecule is Cc1ccc(C)c(-c2cc(C(=O)O)c3cc(S(=O)(=O)N4CCCCCC4)ccc3n2)c1. The molecule has 31 heavy (non-hydrogen) atoms. The van der Waals surface area contributed by atoms with Crippen LogP contribution in [0.15, 0.2) is 47.4 Å². The Labute approximate surface area is 182 Å². The first-order chi connectivity index (χ1) is 14.8. The van der Waals surface area contributed by atoms with Crippen LogP contribution < -0.4 is 0 Å². The van der Waals surface area contributed by atoms with Crippen molar-refractivity contribution in [2.24, 2.45) is 0 Å². The highest BCUT2D eigenvalue weighted by atomic mass is 32.2. The summed E-state index contributed by atoms with van der Waals surface area (Å²) in [5.41, 5.74) is 3.99. The number of carbonyl (C=O) groups is 1. The lowest BCUT2D eigenvalue weighted by atomic mass is 9.99.